The summed E-state index contributed by atoms with van der Waals surface area (Å²) in [5, 5.41) is 0. The van der Waals surface area contributed by atoms with E-state index < -0.39 is 0 Å². The zero-order valence-electron chi connectivity index (χ0n) is 12.4. The van der Waals surface area contributed by atoms with Crippen LogP contribution in [0.5, 0.6) is 0 Å². The smallest absolute Gasteiger partial charge is 0.0125 e. The van der Waals surface area contributed by atoms with Gasteiger partial charge in [0, 0.05) is 37.1 Å². The van der Waals surface area contributed by atoms with Gasteiger partial charge in [0.2, 0.25) is 0 Å². The molecular formula is C15H30N2. The summed E-state index contributed by atoms with van der Waals surface area (Å²) in [6.07, 6.45) is 2.86. The van der Waals surface area contributed by atoms with Crippen molar-refractivity contribution in [3.63, 3.8) is 0 Å². The summed E-state index contributed by atoms with van der Waals surface area (Å²) in [7, 11) is 0. The van der Waals surface area contributed by atoms with Gasteiger partial charge >= 0.3 is 0 Å². The number of nitrogens with zero attached hydrogens (tertiary/aromatic N) is 2. The number of hydrogen-bond donors (Lipinski definition) is 0. The van der Waals surface area contributed by atoms with E-state index in [-0.39, 0.29) is 0 Å². The molecule has 2 fully saturated rings. The SMILES string of the molecule is CC(C)CN1CCCC2(C1)CN(C(C)(C)C)C2. The van der Waals surface area contributed by atoms with E-state index >= 15 is 0 Å². The maximum Gasteiger partial charge on any atom is 0.0125 e. The molecule has 100 valence electrons. The summed E-state index contributed by atoms with van der Waals surface area (Å²) in [5.74, 6) is 0.809. The molecule has 2 nitrogen and oxygen atoms in total. The second-order valence-electron chi connectivity index (χ2n) is 7.76. The highest BCUT2D eigenvalue weighted by molar-refractivity contribution is 5.02. The normalized spacial score (nSPS) is 26.5. The minimum absolute atomic E-state index is 0.367. The summed E-state index contributed by atoms with van der Waals surface area (Å²) in [4.78, 5) is 5.35. The lowest BCUT2D eigenvalue weighted by molar-refractivity contribution is -0.0965. The van der Waals surface area contributed by atoms with Crippen LogP contribution in [0.25, 0.3) is 0 Å². The molecule has 2 heteroatoms. The van der Waals surface area contributed by atoms with Gasteiger partial charge < -0.3 is 4.90 Å². The predicted molar refractivity (Wildman–Crippen MR) is 74.3 cm³/mol. The Balaban J connectivity index is 1.87. The first-order valence-electron chi connectivity index (χ1n) is 7.28. The lowest BCUT2D eigenvalue weighted by Crippen LogP contribution is -2.67. The van der Waals surface area contributed by atoms with Crippen molar-refractivity contribution >= 4 is 0 Å². The van der Waals surface area contributed by atoms with Gasteiger partial charge in [-0.15, -0.1) is 0 Å². The Morgan fingerprint density at radius 3 is 2.29 bits per heavy atom. The van der Waals surface area contributed by atoms with Gasteiger partial charge in [-0.05, 0) is 46.1 Å². The van der Waals surface area contributed by atoms with E-state index in [2.05, 4.69) is 44.4 Å². The molecular weight excluding hydrogens is 208 g/mol. The predicted octanol–water partition coefficient (Wildman–Crippen LogP) is 2.84. The van der Waals surface area contributed by atoms with Crippen LogP contribution in [0.1, 0.15) is 47.5 Å². The monoisotopic (exact) mass is 238 g/mol. The Bertz CT molecular complexity index is 259. The number of rotatable bonds is 2. The van der Waals surface area contributed by atoms with E-state index in [0.29, 0.717) is 11.0 Å². The van der Waals surface area contributed by atoms with E-state index in [1.165, 1.54) is 45.6 Å². The molecule has 2 heterocycles. The summed E-state index contributed by atoms with van der Waals surface area (Å²) in [5.41, 5.74) is 1.01. The Kier molecular flexibility index (Phi) is 3.57. The Morgan fingerprint density at radius 1 is 1.12 bits per heavy atom. The first kappa shape index (κ1) is 13.4. The molecule has 0 bridgehead atoms. The van der Waals surface area contributed by atoms with E-state index in [1.54, 1.807) is 0 Å². The first-order valence-corrected chi connectivity index (χ1v) is 7.28. The summed E-state index contributed by atoms with van der Waals surface area (Å²) in [6, 6.07) is 0. The molecule has 0 aromatic heterocycles. The zero-order valence-corrected chi connectivity index (χ0v) is 12.4. The largest absolute Gasteiger partial charge is 0.302 e. The highest BCUT2D eigenvalue weighted by Crippen LogP contribution is 2.42. The van der Waals surface area contributed by atoms with Crippen LogP contribution < -0.4 is 0 Å². The molecule has 0 radical (unpaired) electrons. The lowest BCUT2D eigenvalue weighted by atomic mass is 9.71. The van der Waals surface area contributed by atoms with Gasteiger partial charge in [-0.2, -0.15) is 0 Å². The average Bonchev–Trinajstić information content (AvgIpc) is 2.11. The first-order chi connectivity index (χ1) is 7.81. The van der Waals surface area contributed by atoms with Gasteiger partial charge in [0.05, 0.1) is 0 Å². The van der Waals surface area contributed by atoms with Gasteiger partial charge in [0.1, 0.15) is 0 Å². The molecule has 0 N–H and O–H groups in total. The third-order valence-electron chi connectivity index (χ3n) is 4.37. The maximum atomic E-state index is 2.70. The van der Waals surface area contributed by atoms with Crippen molar-refractivity contribution in [3.05, 3.63) is 0 Å². The molecule has 0 unspecified atom stereocenters. The Hall–Kier alpha value is -0.0800. The Morgan fingerprint density at radius 2 is 1.76 bits per heavy atom. The van der Waals surface area contributed by atoms with Gasteiger partial charge in [0.15, 0.2) is 0 Å². The highest BCUT2D eigenvalue weighted by Gasteiger charge is 2.48. The number of hydrogen-bond acceptors (Lipinski definition) is 2. The zero-order chi connectivity index (χ0) is 12.7. The van der Waals surface area contributed by atoms with Crippen molar-refractivity contribution in [2.75, 3.05) is 32.7 Å². The molecule has 2 rings (SSSR count). The quantitative estimate of drug-likeness (QED) is 0.730. The molecule has 1 spiro atoms. The molecule has 0 aliphatic carbocycles. The van der Waals surface area contributed by atoms with Crippen LogP contribution in [-0.4, -0.2) is 48.1 Å². The molecule has 0 amide bonds. The fraction of sp³-hybridized carbons (Fsp3) is 1.00. The fourth-order valence-electron chi connectivity index (χ4n) is 3.48. The molecule has 17 heavy (non-hydrogen) atoms. The van der Waals surface area contributed by atoms with Crippen LogP contribution in [0.4, 0.5) is 0 Å². The van der Waals surface area contributed by atoms with E-state index in [1.807, 2.05) is 0 Å². The summed E-state index contributed by atoms with van der Waals surface area (Å²) in [6.45, 7) is 18.3. The highest BCUT2D eigenvalue weighted by atomic mass is 15.3. The van der Waals surface area contributed by atoms with E-state index in [9.17, 15) is 0 Å². The van der Waals surface area contributed by atoms with Crippen molar-refractivity contribution in [1.29, 1.82) is 0 Å². The Labute approximate surface area is 107 Å². The molecule has 0 atom stereocenters. The topological polar surface area (TPSA) is 6.48 Å². The molecule has 0 saturated carbocycles. The molecule has 0 aromatic rings. The lowest BCUT2D eigenvalue weighted by Gasteiger charge is -2.59. The summed E-state index contributed by atoms with van der Waals surface area (Å²) < 4.78 is 0. The van der Waals surface area contributed by atoms with Crippen LogP contribution >= 0.6 is 0 Å². The van der Waals surface area contributed by atoms with Crippen molar-refractivity contribution in [3.8, 4) is 0 Å². The van der Waals surface area contributed by atoms with Gasteiger partial charge in [-0.3, -0.25) is 4.90 Å². The number of piperidine rings is 1. The van der Waals surface area contributed by atoms with Crippen molar-refractivity contribution in [1.82, 2.24) is 9.80 Å². The van der Waals surface area contributed by atoms with Crippen LogP contribution in [-0.2, 0) is 0 Å². The van der Waals surface area contributed by atoms with E-state index in [0.717, 1.165) is 5.92 Å². The molecule has 2 saturated heterocycles. The van der Waals surface area contributed by atoms with Crippen LogP contribution in [0.2, 0.25) is 0 Å². The van der Waals surface area contributed by atoms with Crippen LogP contribution in [0.15, 0.2) is 0 Å². The maximum absolute atomic E-state index is 2.70. The third-order valence-corrected chi connectivity index (χ3v) is 4.37. The third kappa shape index (κ3) is 3.03. The fourth-order valence-corrected chi connectivity index (χ4v) is 3.48. The molecule has 0 aromatic carbocycles. The van der Waals surface area contributed by atoms with Crippen LogP contribution in [0.3, 0.4) is 0 Å². The van der Waals surface area contributed by atoms with E-state index in [4.69, 9.17) is 0 Å². The van der Waals surface area contributed by atoms with Gasteiger partial charge in [-0.25, -0.2) is 0 Å². The second kappa shape index (κ2) is 4.55. The van der Waals surface area contributed by atoms with Crippen molar-refractivity contribution in [2.45, 2.75) is 53.0 Å². The summed E-state index contributed by atoms with van der Waals surface area (Å²) >= 11 is 0. The minimum Gasteiger partial charge on any atom is -0.302 e. The molecule has 2 aliphatic rings. The number of likely N-dealkylation sites (tertiary alicyclic amines) is 2. The van der Waals surface area contributed by atoms with Crippen molar-refractivity contribution in [2.24, 2.45) is 11.3 Å². The average molecular weight is 238 g/mol. The van der Waals surface area contributed by atoms with Gasteiger partial charge in [0.25, 0.3) is 0 Å². The van der Waals surface area contributed by atoms with Gasteiger partial charge in [-0.1, -0.05) is 13.8 Å². The van der Waals surface area contributed by atoms with Crippen molar-refractivity contribution < 1.29 is 0 Å². The molecule has 2 aliphatic heterocycles. The minimum atomic E-state index is 0.367. The second-order valence-corrected chi connectivity index (χ2v) is 7.76. The standard InChI is InChI=1S/C15H30N2/c1-13(2)9-16-8-6-7-15(10-16)11-17(12-15)14(3,4)5/h13H,6-12H2,1-5H3. The van der Waals surface area contributed by atoms with Crippen LogP contribution in [0, 0.1) is 11.3 Å².